The molecule has 0 aromatic carbocycles. The lowest BCUT2D eigenvalue weighted by atomic mass is 10.00. The van der Waals surface area contributed by atoms with E-state index in [1.165, 1.54) is 64.7 Å². The van der Waals surface area contributed by atoms with Crippen LogP contribution in [0.5, 0.6) is 0 Å². The highest BCUT2D eigenvalue weighted by Crippen LogP contribution is 2.18. The summed E-state index contributed by atoms with van der Waals surface area (Å²) in [6, 6.07) is 0.836. The predicted molar refractivity (Wildman–Crippen MR) is 80.0 cm³/mol. The minimum atomic E-state index is 0.836. The fraction of sp³-hybridized carbons (Fsp3) is 1.00. The Bertz CT molecular complexity index is 187. The van der Waals surface area contributed by atoms with Crippen LogP contribution in [-0.2, 0) is 0 Å². The molecule has 0 aromatic rings. The summed E-state index contributed by atoms with van der Waals surface area (Å²) in [5, 5.41) is 1.11. The van der Waals surface area contributed by atoms with Crippen LogP contribution in [-0.4, -0.2) is 54.4 Å². The van der Waals surface area contributed by atoms with Crippen LogP contribution in [0.3, 0.4) is 0 Å². The average molecular weight is 305 g/mol. The van der Waals surface area contributed by atoms with Gasteiger partial charge in [-0.1, -0.05) is 35.7 Å². The van der Waals surface area contributed by atoms with E-state index in [0.717, 1.165) is 11.4 Å². The Morgan fingerprint density at radius 3 is 2.71 bits per heavy atom. The molecule has 0 bridgehead atoms. The maximum Gasteiger partial charge on any atom is 0.0159 e. The molecule has 0 aliphatic carbocycles. The first-order valence-corrected chi connectivity index (χ1v) is 8.38. The Morgan fingerprint density at radius 2 is 2.06 bits per heavy atom. The molecular weight excluding hydrogens is 276 g/mol. The minimum absolute atomic E-state index is 0.836. The highest BCUT2D eigenvalue weighted by molar-refractivity contribution is 9.09. The molecule has 102 valence electrons. The van der Waals surface area contributed by atoms with Crippen molar-refractivity contribution in [2.75, 3.05) is 38.6 Å². The molecule has 17 heavy (non-hydrogen) atoms. The molecule has 1 rings (SSSR count). The van der Waals surface area contributed by atoms with Gasteiger partial charge in [-0.25, -0.2) is 0 Å². The molecule has 0 radical (unpaired) electrons. The highest BCUT2D eigenvalue weighted by atomic mass is 79.9. The van der Waals surface area contributed by atoms with Crippen molar-refractivity contribution < 1.29 is 0 Å². The van der Waals surface area contributed by atoms with E-state index in [9.17, 15) is 0 Å². The summed E-state index contributed by atoms with van der Waals surface area (Å²) in [5.41, 5.74) is 0. The van der Waals surface area contributed by atoms with Crippen molar-refractivity contribution in [3.63, 3.8) is 0 Å². The van der Waals surface area contributed by atoms with Gasteiger partial charge in [-0.05, 0) is 52.4 Å². The van der Waals surface area contributed by atoms with E-state index in [-0.39, 0.29) is 0 Å². The molecule has 1 heterocycles. The summed E-state index contributed by atoms with van der Waals surface area (Å²) in [5.74, 6) is 0. The first-order valence-electron chi connectivity index (χ1n) is 7.26. The van der Waals surface area contributed by atoms with Crippen molar-refractivity contribution in [2.24, 2.45) is 0 Å². The normalized spacial score (nSPS) is 22.2. The van der Waals surface area contributed by atoms with Crippen molar-refractivity contribution in [1.29, 1.82) is 0 Å². The second-order valence-electron chi connectivity index (χ2n) is 5.30. The standard InChI is InChI=1S/C14H29BrN2/c1-3-4-11-17(13-9-15)12-8-14-7-5-6-10-16(14)2/h14H,3-13H2,1-2H3. The van der Waals surface area contributed by atoms with E-state index < -0.39 is 0 Å². The number of unbranched alkanes of at least 4 members (excludes halogenated alkanes) is 1. The van der Waals surface area contributed by atoms with Crippen LogP contribution in [0.2, 0.25) is 0 Å². The number of hydrogen-bond donors (Lipinski definition) is 0. The predicted octanol–water partition coefficient (Wildman–Crippen LogP) is 3.36. The van der Waals surface area contributed by atoms with Gasteiger partial charge in [0, 0.05) is 17.9 Å². The van der Waals surface area contributed by atoms with E-state index in [4.69, 9.17) is 0 Å². The molecule has 0 aromatic heterocycles. The number of likely N-dealkylation sites (tertiary alicyclic amines) is 1. The number of alkyl halides is 1. The third-order valence-corrected chi connectivity index (χ3v) is 4.28. The van der Waals surface area contributed by atoms with Crippen LogP contribution in [0.4, 0.5) is 0 Å². The maximum atomic E-state index is 3.57. The van der Waals surface area contributed by atoms with Crippen molar-refractivity contribution in [2.45, 2.75) is 51.5 Å². The summed E-state index contributed by atoms with van der Waals surface area (Å²) < 4.78 is 0. The topological polar surface area (TPSA) is 6.48 Å². The fourth-order valence-corrected chi connectivity index (χ4v) is 3.18. The van der Waals surface area contributed by atoms with Crippen molar-refractivity contribution >= 4 is 15.9 Å². The van der Waals surface area contributed by atoms with Gasteiger partial charge in [0.1, 0.15) is 0 Å². The van der Waals surface area contributed by atoms with Gasteiger partial charge in [-0.3, -0.25) is 0 Å². The van der Waals surface area contributed by atoms with E-state index >= 15 is 0 Å². The first kappa shape index (κ1) is 15.5. The van der Waals surface area contributed by atoms with E-state index in [2.05, 4.69) is 39.7 Å². The lowest BCUT2D eigenvalue weighted by Crippen LogP contribution is -2.39. The molecule has 1 aliphatic heterocycles. The second-order valence-corrected chi connectivity index (χ2v) is 6.10. The Morgan fingerprint density at radius 1 is 1.24 bits per heavy atom. The summed E-state index contributed by atoms with van der Waals surface area (Å²) >= 11 is 3.57. The molecule has 0 amide bonds. The summed E-state index contributed by atoms with van der Waals surface area (Å²) in [6.45, 7) is 7.34. The Balaban J connectivity index is 2.23. The highest BCUT2D eigenvalue weighted by Gasteiger charge is 2.19. The number of rotatable bonds is 8. The van der Waals surface area contributed by atoms with E-state index in [1.54, 1.807) is 0 Å². The monoisotopic (exact) mass is 304 g/mol. The smallest absolute Gasteiger partial charge is 0.0159 e. The maximum absolute atomic E-state index is 3.57. The van der Waals surface area contributed by atoms with Crippen molar-refractivity contribution in [3.05, 3.63) is 0 Å². The van der Waals surface area contributed by atoms with E-state index in [1.807, 2.05) is 0 Å². The number of piperidine rings is 1. The Kier molecular flexibility index (Phi) is 8.50. The number of hydrogen-bond acceptors (Lipinski definition) is 2. The molecule has 1 saturated heterocycles. The summed E-state index contributed by atoms with van der Waals surface area (Å²) in [4.78, 5) is 5.19. The third kappa shape index (κ3) is 6.21. The van der Waals surface area contributed by atoms with Gasteiger partial charge in [-0.2, -0.15) is 0 Å². The molecule has 0 spiro atoms. The van der Waals surface area contributed by atoms with Gasteiger partial charge < -0.3 is 9.80 Å². The van der Waals surface area contributed by atoms with Crippen LogP contribution in [0.15, 0.2) is 0 Å². The van der Waals surface area contributed by atoms with Crippen molar-refractivity contribution in [1.82, 2.24) is 9.80 Å². The number of nitrogens with zero attached hydrogens (tertiary/aromatic N) is 2. The Labute approximate surface area is 116 Å². The van der Waals surface area contributed by atoms with Crippen LogP contribution in [0, 0.1) is 0 Å². The quantitative estimate of drug-likeness (QED) is 0.635. The first-order chi connectivity index (χ1) is 8.27. The molecule has 1 aliphatic rings. The molecule has 1 atom stereocenters. The second kappa shape index (κ2) is 9.35. The lowest BCUT2D eigenvalue weighted by molar-refractivity contribution is 0.155. The lowest BCUT2D eigenvalue weighted by Gasteiger charge is -2.34. The third-order valence-electron chi connectivity index (χ3n) is 3.93. The number of halogens is 1. The fourth-order valence-electron chi connectivity index (χ4n) is 2.68. The molecule has 3 heteroatoms. The van der Waals surface area contributed by atoms with Gasteiger partial charge in [0.15, 0.2) is 0 Å². The van der Waals surface area contributed by atoms with Crippen LogP contribution in [0.25, 0.3) is 0 Å². The van der Waals surface area contributed by atoms with Gasteiger partial charge in [0.25, 0.3) is 0 Å². The minimum Gasteiger partial charge on any atom is -0.303 e. The SMILES string of the molecule is CCCCN(CCBr)CCC1CCCCN1C. The molecule has 0 N–H and O–H groups in total. The molecule has 1 fully saturated rings. The van der Waals surface area contributed by atoms with Gasteiger partial charge in [0.05, 0.1) is 0 Å². The molecule has 2 nitrogen and oxygen atoms in total. The summed E-state index contributed by atoms with van der Waals surface area (Å²) in [7, 11) is 2.30. The summed E-state index contributed by atoms with van der Waals surface area (Å²) in [6.07, 6.45) is 8.24. The van der Waals surface area contributed by atoms with Crippen LogP contribution < -0.4 is 0 Å². The molecule has 0 saturated carbocycles. The van der Waals surface area contributed by atoms with Crippen LogP contribution >= 0.6 is 15.9 Å². The van der Waals surface area contributed by atoms with Gasteiger partial charge in [0.2, 0.25) is 0 Å². The molecule has 1 unspecified atom stereocenters. The van der Waals surface area contributed by atoms with Crippen LogP contribution in [0.1, 0.15) is 45.4 Å². The van der Waals surface area contributed by atoms with Gasteiger partial charge in [-0.15, -0.1) is 0 Å². The zero-order valence-corrected chi connectivity index (χ0v) is 13.2. The Hall–Kier alpha value is 0.400. The molecular formula is C14H29BrN2. The van der Waals surface area contributed by atoms with E-state index in [0.29, 0.717) is 0 Å². The zero-order chi connectivity index (χ0) is 12.5. The van der Waals surface area contributed by atoms with Gasteiger partial charge >= 0.3 is 0 Å². The largest absolute Gasteiger partial charge is 0.303 e. The zero-order valence-electron chi connectivity index (χ0n) is 11.6. The average Bonchev–Trinajstić information content (AvgIpc) is 2.34. The van der Waals surface area contributed by atoms with Crippen molar-refractivity contribution in [3.8, 4) is 0 Å².